The minimum Gasteiger partial charge on any atom is -0.322 e. The zero-order valence-corrected chi connectivity index (χ0v) is 14.8. The summed E-state index contributed by atoms with van der Waals surface area (Å²) in [5, 5.41) is 7.40. The lowest BCUT2D eigenvalue weighted by Gasteiger charge is -2.24. The first-order valence-corrected chi connectivity index (χ1v) is 8.80. The minimum atomic E-state index is -0.938. The summed E-state index contributed by atoms with van der Waals surface area (Å²) in [6.07, 6.45) is 0.130. The van der Waals surface area contributed by atoms with Gasteiger partial charge in [0, 0.05) is 17.9 Å². The van der Waals surface area contributed by atoms with Crippen molar-refractivity contribution in [2.45, 2.75) is 19.3 Å². The summed E-state index contributed by atoms with van der Waals surface area (Å²) in [5.74, 6) is -1.54. The summed E-state index contributed by atoms with van der Waals surface area (Å²) in [7, 11) is 0. The van der Waals surface area contributed by atoms with Gasteiger partial charge in [-0.05, 0) is 36.8 Å². The molecule has 0 bridgehead atoms. The number of carbonyl (C=O) groups excluding carboxylic acids is 1. The van der Waals surface area contributed by atoms with Crippen LogP contribution in [0.2, 0.25) is 0 Å². The largest absolute Gasteiger partial charge is 0.322 e. The Morgan fingerprint density at radius 3 is 2.75 bits per heavy atom. The Balaban J connectivity index is 1.68. The summed E-state index contributed by atoms with van der Waals surface area (Å²) in [4.78, 5) is 20.1. The van der Waals surface area contributed by atoms with Gasteiger partial charge in [-0.1, -0.05) is 18.2 Å². The molecule has 2 aromatic carbocycles. The molecule has 4 aromatic rings. The van der Waals surface area contributed by atoms with Gasteiger partial charge >= 0.3 is 0 Å². The number of fused-ring (bicyclic) bond motifs is 2. The summed E-state index contributed by atoms with van der Waals surface area (Å²) in [5.41, 5.74) is 3.61. The predicted molar refractivity (Wildman–Crippen MR) is 99.4 cm³/mol. The zero-order chi connectivity index (χ0) is 19.4. The third kappa shape index (κ3) is 2.49. The first-order chi connectivity index (χ1) is 13.5. The van der Waals surface area contributed by atoms with Gasteiger partial charge in [0.1, 0.15) is 5.82 Å². The van der Waals surface area contributed by atoms with Crippen molar-refractivity contribution in [1.82, 2.24) is 19.7 Å². The third-order valence-corrected chi connectivity index (χ3v) is 5.03. The van der Waals surface area contributed by atoms with Crippen LogP contribution >= 0.6 is 0 Å². The van der Waals surface area contributed by atoms with Gasteiger partial charge in [-0.2, -0.15) is 9.78 Å². The quantitative estimate of drug-likeness (QED) is 0.556. The van der Waals surface area contributed by atoms with Gasteiger partial charge in [-0.15, -0.1) is 0 Å². The van der Waals surface area contributed by atoms with Crippen LogP contribution < -0.4 is 5.32 Å². The second kappa shape index (κ2) is 5.98. The number of hydrogen-bond acceptors (Lipinski definition) is 3. The SMILES string of the molecule is Cc1nn(-c2nc3ccccc3[nH]2)c2c1C(c1ccc(F)c(F)c1)CC(=O)N2. The van der Waals surface area contributed by atoms with Crippen molar-refractivity contribution in [2.75, 3.05) is 5.32 Å². The van der Waals surface area contributed by atoms with Crippen LogP contribution in [0.15, 0.2) is 42.5 Å². The highest BCUT2D eigenvalue weighted by Gasteiger charge is 2.33. The van der Waals surface area contributed by atoms with Gasteiger partial charge in [-0.25, -0.2) is 13.8 Å². The van der Waals surface area contributed by atoms with Gasteiger partial charge in [0.25, 0.3) is 0 Å². The lowest BCUT2D eigenvalue weighted by Crippen LogP contribution is -2.25. The number of amides is 1. The first kappa shape index (κ1) is 16.6. The topological polar surface area (TPSA) is 75.6 Å². The molecule has 3 heterocycles. The Labute approximate surface area is 158 Å². The number of aromatic nitrogens is 4. The van der Waals surface area contributed by atoms with Crippen molar-refractivity contribution in [3.05, 3.63) is 70.9 Å². The highest BCUT2D eigenvalue weighted by Crippen LogP contribution is 2.40. The molecule has 0 saturated carbocycles. The lowest BCUT2D eigenvalue weighted by molar-refractivity contribution is -0.116. The van der Waals surface area contributed by atoms with Crippen molar-refractivity contribution in [1.29, 1.82) is 0 Å². The zero-order valence-electron chi connectivity index (χ0n) is 14.8. The normalized spacial score (nSPS) is 16.2. The van der Waals surface area contributed by atoms with Crippen molar-refractivity contribution in [2.24, 2.45) is 0 Å². The van der Waals surface area contributed by atoms with E-state index in [1.165, 1.54) is 6.07 Å². The molecule has 1 aliphatic heterocycles. The Bertz CT molecular complexity index is 1210. The number of aryl methyl sites for hydroxylation is 1. The molecule has 0 aliphatic carbocycles. The molecule has 0 radical (unpaired) electrons. The molecule has 0 saturated heterocycles. The molecular weight excluding hydrogens is 364 g/mol. The molecule has 0 spiro atoms. The average Bonchev–Trinajstić information content (AvgIpc) is 3.24. The Morgan fingerprint density at radius 2 is 1.96 bits per heavy atom. The summed E-state index contributed by atoms with van der Waals surface area (Å²) >= 11 is 0. The monoisotopic (exact) mass is 379 g/mol. The second-order valence-corrected chi connectivity index (χ2v) is 6.82. The van der Waals surface area contributed by atoms with Crippen LogP contribution in [0, 0.1) is 18.6 Å². The van der Waals surface area contributed by atoms with Crippen molar-refractivity contribution < 1.29 is 13.6 Å². The molecule has 1 unspecified atom stereocenters. The number of halogens is 2. The maximum absolute atomic E-state index is 13.8. The summed E-state index contributed by atoms with van der Waals surface area (Å²) in [6, 6.07) is 11.3. The number of para-hydroxylation sites is 2. The van der Waals surface area contributed by atoms with E-state index >= 15 is 0 Å². The predicted octanol–water partition coefficient (Wildman–Crippen LogP) is 3.81. The number of carbonyl (C=O) groups is 1. The maximum atomic E-state index is 13.8. The standard InChI is InChI=1S/C20H15F2N5O/c1-10-18-12(11-6-7-13(21)14(22)8-11)9-17(28)25-19(18)27(26-10)20-23-15-4-2-3-5-16(15)24-20/h2-8,12H,9H2,1H3,(H,23,24)(H,25,28). The molecule has 28 heavy (non-hydrogen) atoms. The number of benzene rings is 2. The fourth-order valence-electron chi connectivity index (χ4n) is 3.75. The number of rotatable bonds is 2. The van der Waals surface area contributed by atoms with Crippen LogP contribution in [0.4, 0.5) is 14.6 Å². The Kier molecular flexibility index (Phi) is 3.55. The van der Waals surface area contributed by atoms with Crippen LogP contribution in [0.1, 0.15) is 29.2 Å². The van der Waals surface area contributed by atoms with Gasteiger partial charge in [0.15, 0.2) is 11.6 Å². The van der Waals surface area contributed by atoms with E-state index in [-0.39, 0.29) is 12.3 Å². The molecule has 2 aromatic heterocycles. The first-order valence-electron chi connectivity index (χ1n) is 8.80. The smallest absolute Gasteiger partial charge is 0.231 e. The van der Waals surface area contributed by atoms with Gasteiger partial charge in [0.2, 0.25) is 11.9 Å². The molecule has 8 heteroatoms. The van der Waals surface area contributed by atoms with Crippen LogP contribution in [0.5, 0.6) is 0 Å². The van der Waals surface area contributed by atoms with E-state index in [0.717, 1.165) is 28.7 Å². The minimum absolute atomic E-state index is 0.130. The number of anilines is 1. The van der Waals surface area contributed by atoms with Gasteiger partial charge < -0.3 is 10.3 Å². The van der Waals surface area contributed by atoms with Gasteiger partial charge in [-0.3, -0.25) is 4.79 Å². The summed E-state index contributed by atoms with van der Waals surface area (Å²) < 4.78 is 28.7. The molecule has 1 aliphatic rings. The highest BCUT2D eigenvalue weighted by molar-refractivity contribution is 5.95. The van der Waals surface area contributed by atoms with E-state index in [2.05, 4.69) is 20.4 Å². The molecule has 5 rings (SSSR count). The second-order valence-electron chi connectivity index (χ2n) is 6.82. The Morgan fingerprint density at radius 1 is 1.14 bits per heavy atom. The number of nitrogens with one attached hydrogen (secondary N) is 2. The lowest BCUT2D eigenvalue weighted by atomic mass is 9.86. The molecular formula is C20H15F2N5O. The van der Waals surface area contributed by atoms with Crippen LogP contribution in [0.3, 0.4) is 0 Å². The van der Waals surface area contributed by atoms with Crippen LogP contribution in [0.25, 0.3) is 17.0 Å². The molecule has 140 valence electrons. The maximum Gasteiger partial charge on any atom is 0.231 e. The van der Waals surface area contributed by atoms with E-state index in [1.54, 1.807) is 4.68 Å². The number of hydrogen-bond donors (Lipinski definition) is 2. The van der Waals surface area contributed by atoms with E-state index in [4.69, 9.17) is 0 Å². The molecule has 0 fully saturated rings. The fourth-order valence-corrected chi connectivity index (χ4v) is 3.75. The van der Waals surface area contributed by atoms with E-state index in [9.17, 15) is 13.6 Å². The molecule has 6 nitrogen and oxygen atoms in total. The highest BCUT2D eigenvalue weighted by atomic mass is 19.2. The number of H-pyrrole nitrogens is 1. The van der Waals surface area contributed by atoms with Gasteiger partial charge in [0.05, 0.1) is 16.7 Å². The van der Waals surface area contributed by atoms with Crippen LogP contribution in [-0.4, -0.2) is 25.7 Å². The number of imidazole rings is 1. The van der Waals surface area contributed by atoms with Crippen LogP contribution in [-0.2, 0) is 4.79 Å². The van der Waals surface area contributed by atoms with Crippen molar-refractivity contribution >= 4 is 22.8 Å². The average molecular weight is 379 g/mol. The van der Waals surface area contributed by atoms with E-state index in [0.29, 0.717) is 23.0 Å². The summed E-state index contributed by atoms with van der Waals surface area (Å²) in [6.45, 7) is 1.82. The van der Waals surface area contributed by atoms with Crippen molar-refractivity contribution in [3.63, 3.8) is 0 Å². The van der Waals surface area contributed by atoms with E-state index in [1.807, 2.05) is 31.2 Å². The molecule has 1 atom stereocenters. The third-order valence-electron chi connectivity index (χ3n) is 5.03. The van der Waals surface area contributed by atoms with E-state index < -0.39 is 17.6 Å². The van der Waals surface area contributed by atoms with Crippen molar-refractivity contribution in [3.8, 4) is 5.95 Å². The Hall–Kier alpha value is -3.55. The molecule has 1 amide bonds. The fraction of sp³-hybridized carbons (Fsp3) is 0.150. The number of nitrogens with zero attached hydrogens (tertiary/aromatic N) is 3. The number of aromatic amines is 1. The molecule has 2 N–H and O–H groups in total.